The van der Waals surface area contributed by atoms with E-state index in [1.54, 1.807) is 0 Å². The fourth-order valence-electron chi connectivity index (χ4n) is 3.57. The SMILES string of the molecule is O=C[C@H](OP(=O)(O)O[C@@H]1[C@@H](CO)O[C@@](CO)(O[C@H]2O[C@H](CO)[C@@H](O)[C@H](O)[C@H]2O)[C@H]1O)[C@@H](O)[C@@H](O)CO.[Na]. The third-order valence-corrected chi connectivity index (χ3v) is 6.63. The van der Waals surface area contributed by atoms with Gasteiger partial charge in [0.1, 0.15) is 61.5 Å². The zero-order chi connectivity index (χ0) is 27.4. The molecule has 0 aromatic rings. The molecule has 2 fully saturated rings. The summed E-state index contributed by atoms with van der Waals surface area (Å²) in [6.45, 7) is -4.16. The van der Waals surface area contributed by atoms with Crippen LogP contribution in [0.1, 0.15) is 0 Å². The molecule has 0 saturated carbocycles. The fraction of sp³-hybridized carbons (Fsp3) is 0.941. The number of hydrogen-bond donors (Lipinski definition) is 11. The molecule has 20 heteroatoms. The van der Waals surface area contributed by atoms with E-state index in [2.05, 4.69) is 4.52 Å². The van der Waals surface area contributed by atoms with Gasteiger partial charge in [0, 0.05) is 29.6 Å². The second-order valence-electron chi connectivity index (χ2n) is 8.05. The van der Waals surface area contributed by atoms with Crippen LogP contribution in [-0.4, -0.2) is 191 Å². The largest absolute Gasteiger partial charge is 0.473 e. The van der Waals surface area contributed by atoms with Gasteiger partial charge in [-0.1, -0.05) is 0 Å². The van der Waals surface area contributed by atoms with Gasteiger partial charge in [0.25, 0.3) is 0 Å². The Bertz CT molecular complexity index is 762. The van der Waals surface area contributed by atoms with E-state index in [1.807, 2.05) is 0 Å². The van der Waals surface area contributed by atoms with Gasteiger partial charge < -0.3 is 75.0 Å². The van der Waals surface area contributed by atoms with E-state index >= 15 is 0 Å². The summed E-state index contributed by atoms with van der Waals surface area (Å²) < 4.78 is 37.4. The van der Waals surface area contributed by atoms with Crippen molar-refractivity contribution in [1.82, 2.24) is 0 Å². The van der Waals surface area contributed by atoms with Crippen molar-refractivity contribution >= 4 is 43.7 Å². The molecule has 37 heavy (non-hydrogen) atoms. The van der Waals surface area contributed by atoms with Crippen molar-refractivity contribution in [2.24, 2.45) is 0 Å². The normalized spacial score (nSPS) is 40.3. The summed E-state index contributed by atoms with van der Waals surface area (Å²) >= 11 is 0. The minimum absolute atomic E-state index is 0. The van der Waals surface area contributed by atoms with Crippen molar-refractivity contribution in [3.63, 3.8) is 0 Å². The molecule has 2 heterocycles. The number of carbonyl (C=O) groups is 1. The number of aldehydes is 1. The van der Waals surface area contributed by atoms with Crippen LogP contribution < -0.4 is 0 Å². The van der Waals surface area contributed by atoms with Crippen LogP contribution in [0.4, 0.5) is 0 Å². The van der Waals surface area contributed by atoms with Crippen molar-refractivity contribution in [2.75, 3.05) is 26.4 Å². The van der Waals surface area contributed by atoms with Crippen LogP contribution in [0.3, 0.4) is 0 Å². The summed E-state index contributed by atoms with van der Waals surface area (Å²) in [6.07, 6.45) is -21.6. The molecule has 0 spiro atoms. The Hall–Kier alpha value is 0.260. The smallest absolute Gasteiger partial charge is 0.394 e. The standard InChI is InChI=1S/C17H31O18P.Na/c18-1-6(23)10(24)8(3-20)34-36(29,30)35-14-9(4-21)32-17(5-22,15(14)28)33-16-13(27)12(26)11(25)7(2-19)31-16;/h3,6-16,18-19,21-28H,1-2,4-5H2,(H,29,30);/t6-,7+,8-,9+,10-,11+,12-,13+,14+,15-,16+,17-;/m0./s1. The quantitative estimate of drug-likeness (QED) is 0.0550. The summed E-state index contributed by atoms with van der Waals surface area (Å²) in [5.74, 6) is -2.64. The van der Waals surface area contributed by atoms with E-state index in [9.17, 15) is 60.2 Å². The zero-order valence-electron chi connectivity index (χ0n) is 19.5. The van der Waals surface area contributed by atoms with Crippen LogP contribution in [0.2, 0.25) is 0 Å². The first kappa shape index (κ1) is 35.3. The fourth-order valence-corrected chi connectivity index (χ4v) is 4.66. The van der Waals surface area contributed by atoms with Gasteiger partial charge in [-0.2, -0.15) is 0 Å². The number of hydrogen-bond acceptors (Lipinski definition) is 17. The summed E-state index contributed by atoms with van der Waals surface area (Å²) in [6, 6.07) is 0. The number of phosphoric acid groups is 1. The second kappa shape index (κ2) is 14.8. The Morgan fingerprint density at radius 2 is 1.57 bits per heavy atom. The number of rotatable bonds is 13. The van der Waals surface area contributed by atoms with Crippen molar-refractivity contribution in [1.29, 1.82) is 0 Å². The molecule has 2 saturated heterocycles. The third-order valence-electron chi connectivity index (χ3n) is 5.61. The molecule has 0 aliphatic carbocycles. The molecule has 1 radical (unpaired) electrons. The maximum Gasteiger partial charge on any atom is 0.473 e. The summed E-state index contributed by atoms with van der Waals surface area (Å²) in [7, 11) is -5.42. The van der Waals surface area contributed by atoms with Gasteiger partial charge in [-0.15, -0.1) is 0 Å². The molecule has 11 N–H and O–H groups in total. The molecule has 0 amide bonds. The van der Waals surface area contributed by atoms with E-state index < -0.39 is 107 Å². The van der Waals surface area contributed by atoms with Crippen molar-refractivity contribution < 1.29 is 88.6 Å². The Labute approximate surface area is 231 Å². The molecule has 2 aliphatic heterocycles. The van der Waals surface area contributed by atoms with Crippen molar-refractivity contribution in [2.45, 2.75) is 73.1 Å². The number of aliphatic hydroxyl groups is 10. The van der Waals surface area contributed by atoms with E-state index in [0.717, 1.165) is 0 Å². The Morgan fingerprint density at radius 3 is 2.05 bits per heavy atom. The van der Waals surface area contributed by atoms with Crippen LogP contribution in [0.15, 0.2) is 0 Å². The third kappa shape index (κ3) is 7.93. The van der Waals surface area contributed by atoms with Gasteiger partial charge in [-0.25, -0.2) is 4.57 Å². The molecular weight excluding hydrogens is 546 g/mol. The maximum absolute atomic E-state index is 12.5. The Kier molecular flexibility index (Phi) is 14.1. The molecule has 0 aromatic heterocycles. The molecule has 2 aliphatic rings. The molecule has 0 bridgehead atoms. The van der Waals surface area contributed by atoms with Crippen LogP contribution in [0, 0.1) is 0 Å². The molecular formula is C17H31NaO18P. The monoisotopic (exact) mass is 577 g/mol. The minimum atomic E-state index is -5.42. The second-order valence-corrected chi connectivity index (χ2v) is 9.41. The average Bonchev–Trinajstić information content (AvgIpc) is 3.12. The van der Waals surface area contributed by atoms with Crippen LogP contribution in [-0.2, 0) is 32.6 Å². The molecule has 18 nitrogen and oxygen atoms in total. The topological polar surface area (TPSA) is 303 Å². The van der Waals surface area contributed by atoms with Crippen LogP contribution in [0.5, 0.6) is 0 Å². The zero-order valence-corrected chi connectivity index (χ0v) is 22.4. The number of ether oxygens (including phenoxy) is 3. The first-order chi connectivity index (χ1) is 16.8. The Balaban J connectivity index is 0.00000684. The summed E-state index contributed by atoms with van der Waals surface area (Å²) in [4.78, 5) is 21.2. The number of carbonyl (C=O) groups excluding carboxylic acids is 1. The summed E-state index contributed by atoms with van der Waals surface area (Å²) in [5, 5.41) is 97.4. The molecule has 0 aromatic carbocycles. The van der Waals surface area contributed by atoms with Gasteiger partial charge in [0.05, 0.1) is 19.8 Å². The molecule has 213 valence electrons. The van der Waals surface area contributed by atoms with E-state index in [1.165, 1.54) is 0 Å². The number of phosphoric ester groups is 1. The van der Waals surface area contributed by atoms with E-state index in [-0.39, 0.29) is 35.8 Å². The molecule has 1 unspecified atom stereocenters. The van der Waals surface area contributed by atoms with Gasteiger partial charge >= 0.3 is 7.82 Å². The average molecular weight is 577 g/mol. The maximum atomic E-state index is 12.5. The predicted octanol–water partition coefficient (Wildman–Crippen LogP) is -7.35. The first-order valence-electron chi connectivity index (χ1n) is 10.5. The van der Waals surface area contributed by atoms with Gasteiger partial charge in [-0.3, -0.25) is 9.05 Å². The first-order valence-corrected chi connectivity index (χ1v) is 12.0. The number of aliphatic hydroxyl groups excluding tert-OH is 10. The van der Waals surface area contributed by atoms with E-state index in [4.69, 9.17) is 23.8 Å². The molecule has 13 atom stereocenters. The Morgan fingerprint density at radius 1 is 0.973 bits per heavy atom. The minimum Gasteiger partial charge on any atom is -0.394 e. The molecule has 2 rings (SSSR count). The van der Waals surface area contributed by atoms with Crippen LogP contribution >= 0.6 is 7.82 Å². The van der Waals surface area contributed by atoms with E-state index in [0.29, 0.717) is 0 Å². The van der Waals surface area contributed by atoms with Crippen molar-refractivity contribution in [3.8, 4) is 0 Å². The van der Waals surface area contributed by atoms with Gasteiger partial charge in [0.15, 0.2) is 18.7 Å². The van der Waals surface area contributed by atoms with Gasteiger partial charge in [0.2, 0.25) is 5.79 Å². The predicted molar refractivity (Wildman–Crippen MR) is 113 cm³/mol. The van der Waals surface area contributed by atoms with Crippen LogP contribution in [0.25, 0.3) is 0 Å². The van der Waals surface area contributed by atoms with Gasteiger partial charge in [-0.05, 0) is 0 Å². The van der Waals surface area contributed by atoms with Crippen molar-refractivity contribution in [3.05, 3.63) is 0 Å². The summed E-state index contributed by atoms with van der Waals surface area (Å²) in [5.41, 5.74) is 0.